The predicted molar refractivity (Wildman–Crippen MR) is 125 cm³/mol. The molecule has 1 aliphatic heterocycles. The van der Waals surface area contributed by atoms with Gasteiger partial charge in [0.15, 0.2) is 0 Å². The van der Waals surface area contributed by atoms with Crippen LogP contribution in [0.15, 0.2) is 36.4 Å². The van der Waals surface area contributed by atoms with E-state index in [-0.39, 0.29) is 35.3 Å². The highest BCUT2D eigenvalue weighted by molar-refractivity contribution is 6.13. The molecule has 1 aliphatic rings. The lowest BCUT2D eigenvalue weighted by Crippen LogP contribution is -2.56. The zero-order valence-electron chi connectivity index (χ0n) is 19.9. The Balaban J connectivity index is 2.23. The smallest absolute Gasteiger partial charge is 0.336 e. The van der Waals surface area contributed by atoms with Crippen LogP contribution in [0.5, 0.6) is 5.75 Å². The summed E-state index contributed by atoms with van der Waals surface area (Å²) in [5.41, 5.74) is 0.0894. The second-order valence-electron chi connectivity index (χ2n) is 10.0. The third-order valence-corrected chi connectivity index (χ3v) is 6.12. The SMILES string of the molecule is COc1cc(C(=O)N2c3cccc(C(=O)O)c3CC2(CC(C)C)C(=O)O)ccc1C(C)(C)C. The van der Waals surface area contributed by atoms with Crippen LogP contribution in [0.1, 0.15) is 72.9 Å². The van der Waals surface area contributed by atoms with E-state index >= 15 is 0 Å². The lowest BCUT2D eigenvalue weighted by atomic mass is 9.83. The van der Waals surface area contributed by atoms with Crippen LogP contribution in [-0.4, -0.2) is 40.7 Å². The Morgan fingerprint density at radius 3 is 2.30 bits per heavy atom. The van der Waals surface area contributed by atoms with Crippen molar-refractivity contribution < 1.29 is 29.3 Å². The minimum absolute atomic E-state index is 0.0119. The average Bonchev–Trinajstić information content (AvgIpc) is 3.06. The standard InChI is InChI=1S/C26H31NO6/c1-15(2)13-26(24(31)32)14-18-17(23(29)30)8-7-9-20(18)27(26)22(28)16-10-11-19(25(3,4)5)21(12-16)33-6/h7-12,15H,13-14H2,1-6H3,(H,29,30)(H,31,32). The first-order valence-corrected chi connectivity index (χ1v) is 10.9. The van der Waals surface area contributed by atoms with Crippen LogP contribution >= 0.6 is 0 Å². The number of hydrogen-bond acceptors (Lipinski definition) is 4. The molecular formula is C26H31NO6. The number of carboxylic acids is 2. The highest BCUT2D eigenvalue weighted by Crippen LogP contribution is 2.45. The summed E-state index contributed by atoms with van der Waals surface area (Å²) in [5, 5.41) is 20.1. The number of aromatic carboxylic acids is 1. The molecule has 1 atom stereocenters. The van der Waals surface area contributed by atoms with Crippen LogP contribution in [0.3, 0.4) is 0 Å². The average molecular weight is 454 g/mol. The number of carboxylic acid groups (broad SMARTS) is 2. The monoisotopic (exact) mass is 453 g/mol. The maximum atomic E-state index is 13.9. The molecular weight excluding hydrogens is 422 g/mol. The largest absolute Gasteiger partial charge is 0.496 e. The quantitative estimate of drug-likeness (QED) is 0.653. The number of methoxy groups -OCH3 is 1. The van der Waals surface area contributed by atoms with Crippen LogP contribution in [0.25, 0.3) is 0 Å². The number of ether oxygens (including phenoxy) is 1. The second kappa shape index (κ2) is 8.54. The first-order valence-electron chi connectivity index (χ1n) is 10.9. The van der Waals surface area contributed by atoms with Gasteiger partial charge in [-0.15, -0.1) is 0 Å². The Hall–Kier alpha value is -3.35. The number of fused-ring (bicyclic) bond motifs is 1. The van der Waals surface area contributed by atoms with Crippen LogP contribution in [-0.2, 0) is 16.6 Å². The fraction of sp³-hybridized carbons (Fsp3) is 0.423. The van der Waals surface area contributed by atoms with E-state index in [1.54, 1.807) is 24.3 Å². The summed E-state index contributed by atoms with van der Waals surface area (Å²) in [6.45, 7) is 9.88. The van der Waals surface area contributed by atoms with Gasteiger partial charge in [0, 0.05) is 17.7 Å². The molecule has 2 aromatic carbocycles. The number of nitrogens with zero attached hydrogens (tertiary/aromatic N) is 1. The molecule has 0 saturated heterocycles. The third kappa shape index (κ3) is 4.19. The Morgan fingerprint density at radius 1 is 1.12 bits per heavy atom. The van der Waals surface area contributed by atoms with Crippen LogP contribution in [0, 0.1) is 5.92 Å². The van der Waals surface area contributed by atoms with Gasteiger partial charge in [0.05, 0.1) is 12.7 Å². The van der Waals surface area contributed by atoms with Gasteiger partial charge in [-0.2, -0.15) is 0 Å². The van der Waals surface area contributed by atoms with Gasteiger partial charge in [0.2, 0.25) is 0 Å². The number of amides is 1. The van der Waals surface area contributed by atoms with Crippen molar-refractivity contribution in [2.24, 2.45) is 5.92 Å². The van der Waals surface area contributed by atoms with E-state index in [1.807, 2.05) is 40.7 Å². The molecule has 0 bridgehead atoms. The van der Waals surface area contributed by atoms with Gasteiger partial charge in [-0.3, -0.25) is 9.69 Å². The number of carbonyl (C=O) groups is 3. The van der Waals surface area contributed by atoms with Gasteiger partial charge in [-0.1, -0.05) is 46.8 Å². The molecule has 7 nitrogen and oxygen atoms in total. The van der Waals surface area contributed by atoms with E-state index in [0.29, 0.717) is 17.0 Å². The van der Waals surface area contributed by atoms with Crippen molar-refractivity contribution in [1.29, 1.82) is 0 Å². The summed E-state index contributed by atoms with van der Waals surface area (Å²) in [7, 11) is 1.53. The van der Waals surface area contributed by atoms with Gasteiger partial charge in [0.1, 0.15) is 11.3 Å². The Kier molecular flexibility index (Phi) is 6.29. The van der Waals surface area contributed by atoms with E-state index in [4.69, 9.17) is 4.74 Å². The number of hydrogen-bond donors (Lipinski definition) is 2. The lowest BCUT2D eigenvalue weighted by molar-refractivity contribution is -0.143. The summed E-state index contributed by atoms with van der Waals surface area (Å²) < 4.78 is 5.54. The van der Waals surface area contributed by atoms with Gasteiger partial charge >= 0.3 is 11.9 Å². The molecule has 7 heteroatoms. The Bertz CT molecular complexity index is 1110. The molecule has 1 amide bonds. The molecule has 0 radical (unpaired) electrons. The second-order valence-corrected chi connectivity index (χ2v) is 10.0. The first-order chi connectivity index (χ1) is 15.3. The lowest BCUT2D eigenvalue weighted by Gasteiger charge is -2.36. The predicted octanol–water partition coefficient (Wildman–Crippen LogP) is 4.76. The van der Waals surface area contributed by atoms with Crippen molar-refractivity contribution in [3.63, 3.8) is 0 Å². The fourth-order valence-electron chi connectivity index (χ4n) is 4.75. The van der Waals surface area contributed by atoms with E-state index in [1.165, 1.54) is 18.1 Å². The molecule has 0 aliphatic carbocycles. The first kappa shape index (κ1) is 24.3. The van der Waals surface area contributed by atoms with E-state index in [2.05, 4.69) is 0 Å². The molecule has 1 unspecified atom stereocenters. The van der Waals surface area contributed by atoms with Crippen molar-refractivity contribution in [2.75, 3.05) is 12.0 Å². The molecule has 176 valence electrons. The topological polar surface area (TPSA) is 104 Å². The summed E-state index contributed by atoms with van der Waals surface area (Å²) >= 11 is 0. The Labute approximate surface area is 194 Å². The summed E-state index contributed by atoms with van der Waals surface area (Å²) in [4.78, 5) is 39.7. The van der Waals surface area contributed by atoms with Gasteiger partial charge in [0.25, 0.3) is 5.91 Å². The molecule has 0 aromatic heterocycles. The number of aliphatic carboxylic acids is 1. The third-order valence-electron chi connectivity index (χ3n) is 6.12. The molecule has 0 saturated carbocycles. The zero-order chi connectivity index (χ0) is 24.7. The molecule has 33 heavy (non-hydrogen) atoms. The highest BCUT2D eigenvalue weighted by Gasteiger charge is 2.54. The van der Waals surface area contributed by atoms with Gasteiger partial charge < -0.3 is 14.9 Å². The van der Waals surface area contributed by atoms with Crippen LogP contribution in [0.4, 0.5) is 5.69 Å². The van der Waals surface area contributed by atoms with Crippen molar-refractivity contribution in [3.05, 3.63) is 58.7 Å². The Morgan fingerprint density at radius 2 is 1.79 bits per heavy atom. The number of carbonyl (C=O) groups excluding carboxylic acids is 1. The van der Waals surface area contributed by atoms with E-state index < -0.39 is 23.4 Å². The summed E-state index contributed by atoms with van der Waals surface area (Å²) in [6.07, 6.45) is 0.111. The van der Waals surface area contributed by atoms with Gasteiger partial charge in [-0.05, 0) is 53.1 Å². The summed E-state index contributed by atoms with van der Waals surface area (Å²) in [5.74, 6) is -2.32. The highest BCUT2D eigenvalue weighted by atomic mass is 16.5. The summed E-state index contributed by atoms with van der Waals surface area (Å²) in [6, 6.07) is 9.72. The number of rotatable bonds is 6. The molecule has 0 spiro atoms. The van der Waals surface area contributed by atoms with E-state index in [9.17, 15) is 24.6 Å². The minimum atomic E-state index is -1.59. The van der Waals surface area contributed by atoms with Crippen molar-refractivity contribution in [3.8, 4) is 5.75 Å². The number of anilines is 1. The van der Waals surface area contributed by atoms with Crippen LogP contribution < -0.4 is 9.64 Å². The van der Waals surface area contributed by atoms with Crippen molar-refractivity contribution in [2.45, 2.75) is 58.4 Å². The van der Waals surface area contributed by atoms with Crippen molar-refractivity contribution >= 4 is 23.5 Å². The maximum absolute atomic E-state index is 13.9. The minimum Gasteiger partial charge on any atom is -0.496 e. The molecule has 3 rings (SSSR count). The van der Waals surface area contributed by atoms with Crippen molar-refractivity contribution in [1.82, 2.24) is 0 Å². The molecule has 2 N–H and O–H groups in total. The molecule has 0 fully saturated rings. The van der Waals surface area contributed by atoms with E-state index in [0.717, 1.165) is 5.56 Å². The molecule has 2 aromatic rings. The zero-order valence-corrected chi connectivity index (χ0v) is 19.9. The normalized spacial score (nSPS) is 17.7. The molecule has 1 heterocycles. The van der Waals surface area contributed by atoms with Gasteiger partial charge in [-0.25, -0.2) is 9.59 Å². The fourth-order valence-corrected chi connectivity index (χ4v) is 4.75. The van der Waals surface area contributed by atoms with Crippen LogP contribution in [0.2, 0.25) is 0 Å². The number of benzene rings is 2. The maximum Gasteiger partial charge on any atom is 0.336 e.